The molecule has 13 heavy (non-hydrogen) atoms. The lowest BCUT2D eigenvalue weighted by atomic mass is 9.76. The molecule has 0 aromatic carbocycles. The Balaban J connectivity index is 2.57. The molecule has 1 atom stereocenters. The summed E-state index contributed by atoms with van der Waals surface area (Å²) in [6, 6.07) is 0. The van der Waals surface area contributed by atoms with Crippen LogP contribution in [0.2, 0.25) is 0 Å². The largest absolute Gasteiger partial charge is 0.316 e. The van der Waals surface area contributed by atoms with Crippen molar-refractivity contribution in [3.05, 3.63) is 0 Å². The van der Waals surface area contributed by atoms with Gasteiger partial charge in [0, 0.05) is 13.1 Å². The predicted octanol–water partition coefficient (Wildman–Crippen LogP) is 1.57. The summed E-state index contributed by atoms with van der Waals surface area (Å²) in [5.74, 6) is 0.788. The van der Waals surface area contributed by atoms with E-state index in [9.17, 15) is 0 Å². The molecule has 1 saturated heterocycles. The fourth-order valence-corrected chi connectivity index (χ4v) is 2.22. The van der Waals surface area contributed by atoms with Gasteiger partial charge < -0.3 is 10.2 Å². The van der Waals surface area contributed by atoms with Crippen molar-refractivity contribution >= 4 is 0 Å². The van der Waals surface area contributed by atoms with Gasteiger partial charge in [0.1, 0.15) is 0 Å². The Morgan fingerprint density at radius 1 is 1.46 bits per heavy atom. The Bertz CT molecular complexity index is 148. The van der Waals surface area contributed by atoms with Gasteiger partial charge in [0.25, 0.3) is 0 Å². The summed E-state index contributed by atoms with van der Waals surface area (Å²) >= 11 is 0. The zero-order chi connectivity index (χ0) is 9.90. The van der Waals surface area contributed by atoms with Crippen molar-refractivity contribution in [1.29, 1.82) is 0 Å². The molecule has 1 heterocycles. The molecule has 0 radical (unpaired) electrons. The third-order valence-electron chi connectivity index (χ3n) is 3.63. The van der Waals surface area contributed by atoms with Gasteiger partial charge in [-0.2, -0.15) is 0 Å². The minimum Gasteiger partial charge on any atom is -0.316 e. The molecule has 2 nitrogen and oxygen atoms in total. The van der Waals surface area contributed by atoms with Crippen LogP contribution in [0.5, 0.6) is 0 Å². The smallest absolute Gasteiger partial charge is 0.00499 e. The molecule has 0 spiro atoms. The highest BCUT2D eigenvalue weighted by Crippen LogP contribution is 2.34. The average Bonchev–Trinajstić information content (AvgIpc) is 2.54. The van der Waals surface area contributed by atoms with Crippen LogP contribution < -0.4 is 5.32 Å². The third kappa shape index (κ3) is 2.44. The number of rotatable bonds is 4. The van der Waals surface area contributed by atoms with Crippen LogP contribution in [0.1, 0.15) is 27.2 Å². The van der Waals surface area contributed by atoms with Crippen molar-refractivity contribution in [3.63, 3.8) is 0 Å². The van der Waals surface area contributed by atoms with Gasteiger partial charge in [-0.15, -0.1) is 0 Å². The number of nitrogens with one attached hydrogen (secondary N) is 1. The quantitative estimate of drug-likeness (QED) is 0.713. The van der Waals surface area contributed by atoms with Gasteiger partial charge in [-0.25, -0.2) is 0 Å². The first-order valence-corrected chi connectivity index (χ1v) is 5.50. The second-order valence-corrected chi connectivity index (χ2v) is 4.77. The fourth-order valence-electron chi connectivity index (χ4n) is 2.22. The Hall–Kier alpha value is -0.0800. The Morgan fingerprint density at radius 2 is 2.15 bits per heavy atom. The topological polar surface area (TPSA) is 15.3 Å². The van der Waals surface area contributed by atoms with Crippen molar-refractivity contribution < 1.29 is 0 Å². The molecule has 78 valence electrons. The molecule has 1 aliphatic rings. The highest BCUT2D eigenvalue weighted by molar-refractivity contribution is 4.92. The zero-order valence-electron chi connectivity index (χ0n) is 9.56. The van der Waals surface area contributed by atoms with Crippen molar-refractivity contribution in [1.82, 2.24) is 10.2 Å². The van der Waals surface area contributed by atoms with Crippen LogP contribution in [-0.4, -0.2) is 38.1 Å². The van der Waals surface area contributed by atoms with E-state index in [1.165, 1.54) is 26.1 Å². The van der Waals surface area contributed by atoms with Gasteiger partial charge >= 0.3 is 0 Å². The average molecular weight is 184 g/mol. The van der Waals surface area contributed by atoms with Crippen molar-refractivity contribution in [2.45, 2.75) is 27.2 Å². The molecular formula is C11H24N2. The Labute approximate surface area is 82.7 Å². The lowest BCUT2D eigenvalue weighted by Gasteiger charge is -2.36. The van der Waals surface area contributed by atoms with Crippen LogP contribution >= 0.6 is 0 Å². The minimum absolute atomic E-state index is 0.532. The summed E-state index contributed by atoms with van der Waals surface area (Å²) < 4.78 is 0. The van der Waals surface area contributed by atoms with E-state index in [2.05, 4.69) is 38.0 Å². The third-order valence-corrected chi connectivity index (χ3v) is 3.63. The normalized spacial score (nSPS) is 29.1. The van der Waals surface area contributed by atoms with Crippen molar-refractivity contribution in [3.8, 4) is 0 Å². The van der Waals surface area contributed by atoms with Gasteiger partial charge in [0.2, 0.25) is 0 Å². The monoisotopic (exact) mass is 184 g/mol. The van der Waals surface area contributed by atoms with Gasteiger partial charge in [-0.05, 0) is 37.9 Å². The van der Waals surface area contributed by atoms with Crippen LogP contribution in [0.4, 0.5) is 0 Å². The molecule has 1 N–H and O–H groups in total. The molecule has 2 heteroatoms. The van der Waals surface area contributed by atoms with Crippen LogP contribution in [0.25, 0.3) is 0 Å². The maximum atomic E-state index is 3.50. The van der Waals surface area contributed by atoms with Crippen molar-refractivity contribution in [2.24, 2.45) is 11.3 Å². The maximum absolute atomic E-state index is 3.50. The van der Waals surface area contributed by atoms with Gasteiger partial charge in [-0.3, -0.25) is 0 Å². The minimum atomic E-state index is 0.532. The van der Waals surface area contributed by atoms with Crippen LogP contribution in [0, 0.1) is 11.3 Å². The van der Waals surface area contributed by atoms with Crippen LogP contribution in [0.3, 0.4) is 0 Å². The van der Waals surface area contributed by atoms with E-state index in [-0.39, 0.29) is 0 Å². The second kappa shape index (κ2) is 4.43. The Kier molecular flexibility index (Phi) is 3.74. The molecule has 1 rings (SSSR count). The molecule has 1 fully saturated rings. The van der Waals surface area contributed by atoms with E-state index in [0.717, 1.165) is 12.5 Å². The standard InChI is InChI=1S/C11H24N2/c1-5-13(4)9-11(10(2)3)6-7-12-8-11/h10,12H,5-9H2,1-4H3. The van der Waals surface area contributed by atoms with Crippen molar-refractivity contribution in [2.75, 3.05) is 33.2 Å². The molecule has 0 saturated carbocycles. The van der Waals surface area contributed by atoms with E-state index in [0.29, 0.717) is 5.41 Å². The van der Waals surface area contributed by atoms with E-state index >= 15 is 0 Å². The molecule has 1 aliphatic heterocycles. The highest BCUT2D eigenvalue weighted by Gasteiger charge is 2.37. The number of hydrogen-bond acceptors (Lipinski definition) is 2. The van der Waals surface area contributed by atoms with Crippen LogP contribution in [-0.2, 0) is 0 Å². The SMILES string of the molecule is CCN(C)CC1(C(C)C)CCNC1. The molecule has 1 unspecified atom stereocenters. The lowest BCUT2D eigenvalue weighted by Crippen LogP contribution is -2.41. The van der Waals surface area contributed by atoms with Crippen LogP contribution in [0.15, 0.2) is 0 Å². The summed E-state index contributed by atoms with van der Waals surface area (Å²) in [5.41, 5.74) is 0.532. The molecular weight excluding hydrogens is 160 g/mol. The summed E-state index contributed by atoms with van der Waals surface area (Å²) in [5, 5.41) is 3.50. The van der Waals surface area contributed by atoms with E-state index in [1.807, 2.05) is 0 Å². The van der Waals surface area contributed by atoms with Gasteiger partial charge in [0.15, 0.2) is 0 Å². The second-order valence-electron chi connectivity index (χ2n) is 4.77. The summed E-state index contributed by atoms with van der Waals surface area (Å²) in [6.45, 7) is 11.8. The first kappa shape index (κ1) is 11.0. The predicted molar refractivity (Wildman–Crippen MR) is 57.9 cm³/mol. The van der Waals surface area contributed by atoms with Gasteiger partial charge in [-0.1, -0.05) is 20.8 Å². The number of hydrogen-bond donors (Lipinski definition) is 1. The number of nitrogens with zero attached hydrogens (tertiary/aromatic N) is 1. The molecule has 0 aromatic rings. The van der Waals surface area contributed by atoms with E-state index in [4.69, 9.17) is 0 Å². The van der Waals surface area contributed by atoms with Gasteiger partial charge in [0.05, 0.1) is 0 Å². The summed E-state index contributed by atoms with van der Waals surface area (Å²) in [4.78, 5) is 2.44. The summed E-state index contributed by atoms with van der Waals surface area (Å²) in [7, 11) is 2.22. The Morgan fingerprint density at radius 3 is 2.54 bits per heavy atom. The molecule has 0 aromatic heterocycles. The zero-order valence-corrected chi connectivity index (χ0v) is 9.56. The first-order chi connectivity index (χ1) is 6.10. The lowest BCUT2D eigenvalue weighted by molar-refractivity contribution is 0.140. The van der Waals surface area contributed by atoms with E-state index < -0.39 is 0 Å². The van der Waals surface area contributed by atoms with E-state index in [1.54, 1.807) is 0 Å². The summed E-state index contributed by atoms with van der Waals surface area (Å²) in [6.07, 6.45) is 1.34. The highest BCUT2D eigenvalue weighted by atomic mass is 15.1. The molecule has 0 amide bonds. The molecule has 0 bridgehead atoms. The molecule has 0 aliphatic carbocycles. The fraction of sp³-hybridized carbons (Fsp3) is 1.00. The first-order valence-electron chi connectivity index (χ1n) is 5.50. The maximum Gasteiger partial charge on any atom is 0.00499 e.